The molecule has 2 heterocycles. The highest BCUT2D eigenvalue weighted by Crippen LogP contribution is 2.37. The van der Waals surface area contributed by atoms with Gasteiger partial charge in [0.2, 0.25) is 0 Å². The van der Waals surface area contributed by atoms with E-state index in [-0.39, 0.29) is 5.82 Å². The standard InChI is InChI=1S/C19H23BCl2N2O3/c1-11(16-13(21)7-6-8-14(16)22)25-15-9-12(10-24-17(15)23)20-26-18(2,3)19(4,5)27-20/h6-11H,1-5H3,(H2,23,24). The van der Waals surface area contributed by atoms with E-state index in [1.807, 2.05) is 34.6 Å². The summed E-state index contributed by atoms with van der Waals surface area (Å²) in [7, 11) is -0.551. The molecular formula is C19H23BCl2N2O3. The Kier molecular flexibility index (Phi) is 5.38. The van der Waals surface area contributed by atoms with Crippen molar-refractivity contribution < 1.29 is 14.0 Å². The minimum absolute atomic E-state index is 0.269. The topological polar surface area (TPSA) is 66.6 Å². The maximum absolute atomic E-state index is 6.28. The van der Waals surface area contributed by atoms with Crippen LogP contribution in [0.2, 0.25) is 10.0 Å². The molecule has 1 saturated heterocycles. The number of rotatable bonds is 4. The molecular weight excluding hydrogens is 386 g/mol. The normalized spacial score (nSPS) is 19.1. The zero-order valence-electron chi connectivity index (χ0n) is 16.0. The highest BCUT2D eigenvalue weighted by atomic mass is 35.5. The van der Waals surface area contributed by atoms with Gasteiger partial charge in [-0.25, -0.2) is 4.98 Å². The predicted octanol–water partition coefficient (Wildman–Crippen LogP) is 4.41. The number of benzene rings is 1. The molecule has 1 aromatic carbocycles. The van der Waals surface area contributed by atoms with Crippen LogP contribution in [-0.2, 0) is 9.31 Å². The number of nitrogen functional groups attached to an aromatic ring is 1. The van der Waals surface area contributed by atoms with Crippen molar-refractivity contribution in [2.75, 3.05) is 5.73 Å². The van der Waals surface area contributed by atoms with Crippen LogP contribution in [0.4, 0.5) is 5.82 Å². The van der Waals surface area contributed by atoms with Crippen LogP contribution in [0.25, 0.3) is 0 Å². The molecule has 1 aliphatic rings. The van der Waals surface area contributed by atoms with E-state index >= 15 is 0 Å². The number of halogens is 2. The average molecular weight is 409 g/mol. The molecule has 1 fully saturated rings. The van der Waals surface area contributed by atoms with Gasteiger partial charge in [-0.05, 0) is 52.8 Å². The second-order valence-corrected chi connectivity index (χ2v) is 8.45. The number of hydrogen-bond donors (Lipinski definition) is 1. The fraction of sp³-hybridized carbons (Fsp3) is 0.421. The van der Waals surface area contributed by atoms with E-state index in [0.717, 1.165) is 5.46 Å². The van der Waals surface area contributed by atoms with Crippen molar-refractivity contribution >= 4 is 41.6 Å². The summed E-state index contributed by atoms with van der Waals surface area (Å²) in [6.07, 6.45) is 1.22. The van der Waals surface area contributed by atoms with Crippen molar-refractivity contribution in [1.82, 2.24) is 4.98 Å². The smallest absolute Gasteiger partial charge is 0.482 e. The van der Waals surface area contributed by atoms with Gasteiger partial charge in [-0.3, -0.25) is 0 Å². The monoisotopic (exact) mass is 408 g/mol. The van der Waals surface area contributed by atoms with Crippen molar-refractivity contribution in [3.05, 3.63) is 46.1 Å². The first-order chi connectivity index (χ1) is 12.5. The molecule has 1 aromatic heterocycles. The third kappa shape index (κ3) is 3.90. The fourth-order valence-corrected chi connectivity index (χ4v) is 3.53. The van der Waals surface area contributed by atoms with E-state index in [9.17, 15) is 0 Å². The summed E-state index contributed by atoms with van der Waals surface area (Å²) in [4.78, 5) is 4.24. The lowest BCUT2D eigenvalue weighted by Gasteiger charge is -2.32. The van der Waals surface area contributed by atoms with Crippen LogP contribution in [0.1, 0.15) is 46.3 Å². The van der Waals surface area contributed by atoms with Crippen LogP contribution in [0, 0.1) is 0 Å². The van der Waals surface area contributed by atoms with E-state index in [2.05, 4.69) is 4.98 Å². The van der Waals surface area contributed by atoms with E-state index in [0.29, 0.717) is 21.4 Å². The van der Waals surface area contributed by atoms with Crippen molar-refractivity contribution in [2.45, 2.75) is 51.9 Å². The minimum atomic E-state index is -0.551. The highest BCUT2D eigenvalue weighted by Gasteiger charge is 2.52. The first kappa shape index (κ1) is 20.3. The Morgan fingerprint density at radius 2 is 1.67 bits per heavy atom. The van der Waals surface area contributed by atoms with Crippen LogP contribution < -0.4 is 15.9 Å². The Morgan fingerprint density at radius 3 is 2.22 bits per heavy atom. The van der Waals surface area contributed by atoms with Gasteiger partial charge in [0.15, 0.2) is 11.6 Å². The van der Waals surface area contributed by atoms with Gasteiger partial charge in [0.25, 0.3) is 0 Å². The number of pyridine rings is 1. The van der Waals surface area contributed by atoms with E-state index in [1.165, 1.54) is 0 Å². The molecule has 0 amide bonds. The van der Waals surface area contributed by atoms with E-state index in [1.54, 1.807) is 30.5 Å². The van der Waals surface area contributed by atoms with Crippen LogP contribution >= 0.6 is 23.2 Å². The Morgan fingerprint density at radius 1 is 1.11 bits per heavy atom. The van der Waals surface area contributed by atoms with Crippen LogP contribution in [0.5, 0.6) is 5.75 Å². The molecule has 0 spiro atoms. The quantitative estimate of drug-likeness (QED) is 0.758. The number of ether oxygens (including phenoxy) is 1. The van der Waals surface area contributed by atoms with Crippen molar-refractivity contribution in [1.29, 1.82) is 0 Å². The molecule has 144 valence electrons. The lowest BCUT2D eigenvalue weighted by atomic mass is 9.80. The number of nitrogens with zero attached hydrogens (tertiary/aromatic N) is 1. The Bertz CT molecular complexity index is 825. The van der Waals surface area contributed by atoms with E-state index < -0.39 is 24.4 Å². The molecule has 0 bridgehead atoms. The fourth-order valence-electron chi connectivity index (χ4n) is 2.82. The molecule has 5 nitrogen and oxygen atoms in total. The van der Waals surface area contributed by atoms with Gasteiger partial charge >= 0.3 is 7.12 Å². The third-order valence-corrected chi connectivity index (χ3v) is 5.80. The summed E-state index contributed by atoms with van der Waals surface area (Å²) in [6, 6.07) is 7.11. The third-order valence-electron chi connectivity index (χ3n) is 5.14. The predicted molar refractivity (Wildman–Crippen MR) is 110 cm³/mol. The number of nitrogens with two attached hydrogens (primary N) is 1. The molecule has 1 unspecified atom stereocenters. The van der Waals surface area contributed by atoms with Crippen LogP contribution in [0.3, 0.4) is 0 Å². The molecule has 0 radical (unpaired) electrons. The number of hydrogen-bond acceptors (Lipinski definition) is 5. The largest absolute Gasteiger partial charge is 0.496 e. The Labute approximate surface area is 170 Å². The number of anilines is 1. The van der Waals surface area contributed by atoms with Crippen molar-refractivity contribution in [3.63, 3.8) is 0 Å². The van der Waals surface area contributed by atoms with Gasteiger partial charge in [0.05, 0.1) is 11.2 Å². The molecule has 1 aliphatic heterocycles. The lowest BCUT2D eigenvalue weighted by Crippen LogP contribution is -2.41. The van der Waals surface area contributed by atoms with Gasteiger partial charge in [-0.15, -0.1) is 0 Å². The SMILES string of the molecule is CC(Oc1cc(B2OC(C)(C)C(C)(C)O2)cnc1N)c1c(Cl)cccc1Cl. The maximum Gasteiger partial charge on any atom is 0.496 e. The second-order valence-electron chi connectivity index (χ2n) is 7.64. The van der Waals surface area contributed by atoms with Gasteiger partial charge in [0.1, 0.15) is 6.10 Å². The number of aromatic nitrogens is 1. The maximum atomic E-state index is 6.28. The summed E-state index contributed by atoms with van der Waals surface area (Å²) in [5, 5.41) is 1.06. The van der Waals surface area contributed by atoms with Gasteiger partial charge in [-0.1, -0.05) is 29.3 Å². The molecule has 0 aliphatic carbocycles. The van der Waals surface area contributed by atoms with Gasteiger partial charge in [-0.2, -0.15) is 0 Å². The molecule has 27 heavy (non-hydrogen) atoms. The van der Waals surface area contributed by atoms with Crippen LogP contribution in [-0.4, -0.2) is 23.3 Å². The highest BCUT2D eigenvalue weighted by molar-refractivity contribution is 6.62. The molecule has 1 atom stereocenters. The summed E-state index contributed by atoms with van der Waals surface area (Å²) in [5.41, 5.74) is 6.55. The van der Waals surface area contributed by atoms with Gasteiger partial charge in [0, 0.05) is 27.3 Å². The molecule has 8 heteroatoms. The molecule has 2 aromatic rings. The minimum Gasteiger partial charge on any atom is -0.482 e. The first-order valence-corrected chi connectivity index (χ1v) is 9.49. The van der Waals surface area contributed by atoms with Crippen LogP contribution in [0.15, 0.2) is 30.5 Å². The van der Waals surface area contributed by atoms with E-state index in [4.69, 9.17) is 43.0 Å². The first-order valence-electron chi connectivity index (χ1n) is 8.73. The molecule has 0 saturated carbocycles. The lowest BCUT2D eigenvalue weighted by molar-refractivity contribution is 0.00578. The summed E-state index contributed by atoms with van der Waals surface area (Å²) in [6.45, 7) is 9.84. The zero-order valence-corrected chi connectivity index (χ0v) is 17.6. The average Bonchev–Trinajstić information content (AvgIpc) is 2.77. The Balaban J connectivity index is 1.87. The second kappa shape index (κ2) is 7.17. The molecule has 3 rings (SSSR count). The Hall–Kier alpha value is -1.47. The summed E-state index contributed by atoms with van der Waals surface area (Å²) < 4.78 is 18.2. The molecule has 2 N–H and O–H groups in total. The van der Waals surface area contributed by atoms with Crippen molar-refractivity contribution in [2.24, 2.45) is 0 Å². The van der Waals surface area contributed by atoms with Gasteiger partial charge < -0.3 is 19.8 Å². The zero-order chi connectivity index (χ0) is 20.0. The summed E-state index contributed by atoms with van der Waals surface area (Å²) in [5.74, 6) is 0.691. The van der Waals surface area contributed by atoms with Crippen molar-refractivity contribution in [3.8, 4) is 5.75 Å². The summed E-state index contributed by atoms with van der Waals surface area (Å²) >= 11 is 12.6.